The molecule has 27 heavy (non-hydrogen) atoms. The highest BCUT2D eigenvalue weighted by atomic mass is 16.6. The van der Waals surface area contributed by atoms with Crippen LogP contribution in [-0.2, 0) is 14.2 Å². The van der Waals surface area contributed by atoms with Gasteiger partial charge in [-0.25, -0.2) is 9.59 Å². The Kier molecular flexibility index (Phi) is 5.93. The highest BCUT2D eigenvalue weighted by molar-refractivity contribution is 5.90. The van der Waals surface area contributed by atoms with Crippen LogP contribution in [0.15, 0.2) is 48.5 Å². The third kappa shape index (κ3) is 5.72. The van der Waals surface area contributed by atoms with Crippen molar-refractivity contribution in [3.63, 3.8) is 0 Å². The van der Waals surface area contributed by atoms with E-state index in [2.05, 4.69) is 0 Å². The number of benzene rings is 2. The van der Waals surface area contributed by atoms with Gasteiger partial charge in [-0.3, -0.25) is 0 Å². The maximum atomic E-state index is 12.3. The van der Waals surface area contributed by atoms with Crippen molar-refractivity contribution in [2.75, 3.05) is 24.7 Å². The van der Waals surface area contributed by atoms with Crippen LogP contribution in [-0.4, -0.2) is 37.4 Å². The fraction of sp³-hybridized carbons (Fsp3) is 0.300. The van der Waals surface area contributed by atoms with Gasteiger partial charge in [0.2, 0.25) is 0 Å². The number of carbonyl (C=O) groups excluding carboxylic acids is 2. The third-order valence-electron chi connectivity index (χ3n) is 4.17. The van der Waals surface area contributed by atoms with Crippen LogP contribution in [0, 0.1) is 0 Å². The Morgan fingerprint density at radius 1 is 0.963 bits per heavy atom. The number of hydrogen-bond acceptors (Lipinski definition) is 7. The van der Waals surface area contributed by atoms with Crippen molar-refractivity contribution in [1.29, 1.82) is 0 Å². The predicted octanol–water partition coefficient (Wildman–Crippen LogP) is 2.41. The molecule has 7 nitrogen and oxygen atoms in total. The van der Waals surface area contributed by atoms with E-state index in [9.17, 15) is 9.59 Å². The molecule has 2 unspecified atom stereocenters. The predicted molar refractivity (Wildman–Crippen MR) is 100 cm³/mol. The molecule has 0 amide bonds. The summed E-state index contributed by atoms with van der Waals surface area (Å²) in [5, 5.41) is 0. The monoisotopic (exact) mass is 370 g/mol. The van der Waals surface area contributed by atoms with E-state index in [0.29, 0.717) is 42.0 Å². The minimum atomic E-state index is -0.443. The number of ether oxygens (including phenoxy) is 3. The first-order valence-corrected chi connectivity index (χ1v) is 8.72. The van der Waals surface area contributed by atoms with Gasteiger partial charge in [-0.05, 0) is 48.5 Å². The Labute approximate surface area is 157 Å². The van der Waals surface area contributed by atoms with Crippen molar-refractivity contribution in [3.8, 4) is 0 Å². The van der Waals surface area contributed by atoms with Gasteiger partial charge in [0.05, 0.1) is 30.4 Å². The molecule has 3 rings (SSSR count). The normalized spacial score (nSPS) is 16.4. The van der Waals surface area contributed by atoms with E-state index < -0.39 is 18.0 Å². The number of rotatable bonds is 8. The molecule has 1 fully saturated rings. The van der Waals surface area contributed by atoms with Crippen LogP contribution in [0.2, 0.25) is 0 Å². The number of carbonyl (C=O) groups is 2. The van der Waals surface area contributed by atoms with Crippen molar-refractivity contribution >= 4 is 23.3 Å². The lowest BCUT2D eigenvalue weighted by molar-refractivity contribution is 0.0149. The summed E-state index contributed by atoms with van der Waals surface area (Å²) in [6, 6.07) is 13.0. The van der Waals surface area contributed by atoms with E-state index in [1.807, 2.05) is 0 Å². The molecule has 2 aromatic carbocycles. The van der Waals surface area contributed by atoms with E-state index in [1.54, 1.807) is 48.5 Å². The molecule has 0 saturated carbocycles. The molecular weight excluding hydrogens is 348 g/mol. The van der Waals surface area contributed by atoms with Crippen LogP contribution in [0.1, 0.15) is 33.6 Å². The summed E-state index contributed by atoms with van der Waals surface area (Å²) in [4.78, 5) is 24.3. The SMILES string of the molecule is Nc1ccc(C(=O)OCCC(CC2CO2)OC(=O)c2ccc(N)cc2)cc1. The van der Waals surface area contributed by atoms with Crippen molar-refractivity contribution in [2.45, 2.75) is 25.0 Å². The Bertz CT molecular complexity index is 785. The fourth-order valence-corrected chi connectivity index (χ4v) is 2.55. The molecule has 0 radical (unpaired) electrons. The van der Waals surface area contributed by atoms with Gasteiger partial charge in [-0.1, -0.05) is 0 Å². The first-order valence-electron chi connectivity index (χ1n) is 8.72. The zero-order valence-corrected chi connectivity index (χ0v) is 14.8. The Hall–Kier alpha value is -3.06. The zero-order valence-electron chi connectivity index (χ0n) is 14.8. The van der Waals surface area contributed by atoms with Crippen LogP contribution in [0.25, 0.3) is 0 Å². The van der Waals surface area contributed by atoms with Crippen molar-refractivity contribution in [3.05, 3.63) is 59.7 Å². The van der Waals surface area contributed by atoms with Gasteiger partial charge in [0.15, 0.2) is 0 Å². The van der Waals surface area contributed by atoms with E-state index in [1.165, 1.54) is 0 Å². The number of hydrogen-bond donors (Lipinski definition) is 2. The van der Waals surface area contributed by atoms with Gasteiger partial charge in [0.1, 0.15) is 6.10 Å². The van der Waals surface area contributed by atoms with E-state index in [4.69, 9.17) is 25.7 Å². The first kappa shape index (κ1) is 18.7. The van der Waals surface area contributed by atoms with Crippen LogP contribution in [0.4, 0.5) is 11.4 Å². The Morgan fingerprint density at radius 3 is 2.00 bits per heavy atom. The van der Waals surface area contributed by atoms with Gasteiger partial charge in [-0.15, -0.1) is 0 Å². The van der Waals surface area contributed by atoms with E-state index >= 15 is 0 Å². The molecule has 1 saturated heterocycles. The average molecular weight is 370 g/mol. The summed E-state index contributed by atoms with van der Waals surface area (Å²) >= 11 is 0. The zero-order chi connectivity index (χ0) is 19.2. The summed E-state index contributed by atoms with van der Waals surface area (Å²) in [7, 11) is 0. The molecule has 1 heterocycles. The van der Waals surface area contributed by atoms with Gasteiger partial charge in [-0.2, -0.15) is 0 Å². The number of anilines is 2. The first-order chi connectivity index (χ1) is 13.0. The molecule has 0 aliphatic carbocycles. The highest BCUT2D eigenvalue weighted by Crippen LogP contribution is 2.21. The second-order valence-electron chi connectivity index (χ2n) is 6.39. The molecule has 142 valence electrons. The third-order valence-corrected chi connectivity index (χ3v) is 4.17. The lowest BCUT2D eigenvalue weighted by Gasteiger charge is -2.17. The molecule has 2 atom stereocenters. The highest BCUT2D eigenvalue weighted by Gasteiger charge is 2.29. The standard InChI is InChI=1S/C20H22N2O5/c21-15-5-1-13(2-6-15)19(23)25-10-9-17(11-18-12-26-18)27-20(24)14-3-7-16(22)8-4-14/h1-8,17-18H,9-12,21-22H2. The number of esters is 2. The van der Waals surface area contributed by atoms with Crippen LogP contribution < -0.4 is 11.5 Å². The second-order valence-corrected chi connectivity index (χ2v) is 6.39. The lowest BCUT2D eigenvalue weighted by atomic mass is 10.1. The van der Waals surface area contributed by atoms with E-state index in [-0.39, 0.29) is 12.7 Å². The molecule has 7 heteroatoms. The average Bonchev–Trinajstić information content (AvgIpc) is 3.46. The van der Waals surface area contributed by atoms with Gasteiger partial charge >= 0.3 is 11.9 Å². The summed E-state index contributed by atoms with van der Waals surface area (Å²) in [6.07, 6.45) is 0.644. The van der Waals surface area contributed by atoms with Crippen LogP contribution in [0.3, 0.4) is 0 Å². The van der Waals surface area contributed by atoms with Gasteiger partial charge in [0.25, 0.3) is 0 Å². The Morgan fingerprint density at radius 2 is 1.48 bits per heavy atom. The molecule has 4 N–H and O–H groups in total. The van der Waals surface area contributed by atoms with Crippen LogP contribution in [0.5, 0.6) is 0 Å². The maximum Gasteiger partial charge on any atom is 0.338 e. The van der Waals surface area contributed by atoms with Crippen LogP contribution >= 0.6 is 0 Å². The molecule has 0 spiro atoms. The number of nitrogen functional groups attached to an aromatic ring is 2. The summed E-state index contributed by atoms with van der Waals surface area (Å²) in [6.45, 7) is 0.788. The molecule has 0 bridgehead atoms. The van der Waals surface area contributed by atoms with Crippen molar-refractivity contribution in [1.82, 2.24) is 0 Å². The maximum absolute atomic E-state index is 12.3. The van der Waals surface area contributed by atoms with Crippen molar-refractivity contribution in [2.24, 2.45) is 0 Å². The summed E-state index contributed by atoms with van der Waals surface area (Å²) in [5.41, 5.74) is 13.2. The minimum Gasteiger partial charge on any atom is -0.462 e. The fourth-order valence-electron chi connectivity index (χ4n) is 2.55. The molecule has 2 aromatic rings. The smallest absolute Gasteiger partial charge is 0.338 e. The second kappa shape index (κ2) is 8.55. The van der Waals surface area contributed by atoms with Crippen molar-refractivity contribution < 1.29 is 23.8 Å². The topological polar surface area (TPSA) is 117 Å². The summed E-state index contributed by atoms with van der Waals surface area (Å²) in [5.74, 6) is -0.883. The Balaban J connectivity index is 1.51. The molecular formula is C20H22N2O5. The lowest BCUT2D eigenvalue weighted by Crippen LogP contribution is -2.23. The molecule has 1 aliphatic heterocycles. The van der Waals surface area contributed by atoms with Gasteiger partial charge in [0, 0.05) is 24.2 Å². The minimum absolute atomic E-state index is 0.0852. The van der Waals surface area contributed by atoms with Gasteiger partial charge < -0.3 is 25.7 Å². The largest absolute Gasteiger partial charge is 0.462 e. The number of nitrogens with two attached hydrogens (primary N) is 2. The summed E-state index contributed by atoms with van der Waals surface area (Å²) < 4.78 is 16.1. The van der Waals surface area contributed by atoms with E-state index in [0.717, 1.165) is 0 Å². The molecule has 0 aromatic heterocycles. The number of epoxide rings is 1. The molecule has 1 aliphatic rings. The quantitative estimate of drug-likeness (QED) is 0.416.